The van der Waals surface area contributed by atoms with E-state index >= 15 is 0 Å². The van der Waals surface area contributed by atoms with Crippen molar-refractivity contribution < 1.29 is 9.18 Å². The van der Waals surface area contributed by atoms with Crippen LogP contribution in [0.15, 0.2) is 48.5 Å². The molecule has 0 atom stereocenters. The van der Waals surface area contributed by atoms with Crippen LogP contribution in [0, 0.1) is 9.39 Å². The maximum Gasteiger partial charge on any atom is 0.255 e. The predicted octanol–water partition coefficient (Wildman–Crippen LogP) is 3.68. The molecule has 17 heavy (non-hydrogen) atoms. The van der Waals surface area contributed by atoms with E-state index in [4.69, 9.17) is 0 Å². The van der Waals surface area contributed by atoms with Crippen molar-refractivity contribution in [3.05, 3.63) is 63.5 Å². The van der Waals surface area contributed by atoms with Crippen molar-refractivity contribution in [3.8, 4) is 0 Å². The molecule has 0 aliphatic rings. The van der Waals surface area contributed by atoms with Crippen LogP contribution >= 0.6 is 22.6 Å². The Balaban J connectivity index is 2.17. The quantitative estimate of drug-likeness (QED) is 0.830. The monoisotopic (exact) mass is 341 g/mol. The number of anilines is 1. The predicted molar refractivity (Wildman–Crippen MR) is 73.5 cm³/mol. The number of amides is 1. The lowest BCUT2D eigenvalue weighted by atomic mass is 10.2. The maximum absolute atomic E-state index is 12.9. The lowest BCUT2D eigenvalue weighted by molar-refractivity contribution is 0.102. The largest absolute Gasteiger partial charge is 0.322 e. The van der Waals surface area contributed by atoms with Gasteiger partial charge in [0.1, 0.15) is 5.82 Å². The Bertz CT molecular complexity index is 557. The molecular weight excluding hydrogens is 332 g/mol. The number of hydrogen-bond acceptors (Lipinski definition) is 1. The number of halogens is 2. The summed E-state index contributed by atoms with van der Waals surface area (Å²) < 4.78 is 13.9. The van der Waals surface area contributed by atoms with Gasteiger partial charge in [-0.3, -0.25) is 4.79 Å². The lowest BCUT2D eigenvalue weighted by Crippen LogP contribution is -2.11. The van der Waals surface area contributed by atoms with Crippen LogP contribution in [0.4, 0.5) is 10.1 Å². The normalized spacial score (nSPS) is 10.0. The van der Waals surface area contributed by atoms with Gasteiger partial charge in [-0.05, 0) is 59.0 Å². The summed E-state index contributed by atoms with van der Waals surface area (Å²) >= 11 is 2.14. The first-order valence-electron chi connectivity index (χ1n) is 4.97. The number of nitrogens with one attached hydrogen (secondary N) is 1. The fourth-order valence-electron chi connectivity index (χ4n) is 1.40. The molecule has 2 nitrogen and oxygen atoms in total. The summed E-state index contributed by atoms with van der Waals surface area (Å²) in [6, 6.07) is 13.0. The SMILES string of the molecule is O=C(Nc1cccc(F)c1)c1cccc(I)c1. The molecule has 0 radical (unpaired) electrons. The molecule has 4 heteroatoms. The van der Waals surface area contributed by atoms with Crippen LogP contribution in [0.2, 0.25) is 0 Å². The van der Waals surface area contributed by atoms with Crippen molar-refractivity contribution in [3.63, 3.8) is 0 Å². The Morgan fingerprint density at radius 3 is 2.59 bits per heavy atom. The zero-order valence-corrected chi connectivity index (χ0v) is 10.9. The molecule has 0 aliphatic heterocycles. The molecule has 0 saturated carbocycles. The van der Waals surface area contributed by atoms with E-state index < -0.39 is 0 Å². The first kappa shape index (κ1) is 12.0. The van der Waals surface area contributed by atoms with Crippen LogP contribution in [0.5, 0.6) is 0 Å². The lowest BCUT2D eigenvalue weighted by Gasteiger charge is -2.05. The second kappa shape index (κ2) is 5.27. The molecule has 2 aromatic carbocycles. The average molecular weight is 341 g/mol. The molecule has 0 heterocycles. The van der Waals surface area contributed by atoms with Gasteiger partial charge >= 0.3 is 0 Å². The van der Waals surface area contributed by atoms with Gasteiger partial charge in [0, 0.05) is 14.8 Å². The molecule has 0 unspecified atom stereocenters. The van der Waals surface area contributed by atoms with Crippen LogP contribution in [0.1, 0.15) is 10.4 Å². The molecule has 0 aromatic heterocycles. The molecule has 0 aliphatic carbocycles. The maximum atomic E-state index is 12.9. The Morgan fingerprint density at radius 1 is 1.12 bits per heavy atom. The van der Waals surface area contributed by atoms with Crippen molar-refractivity contribution in [2.24, 2.45) is 0 Å². The zero-order valence-electron chi connectivity index (χ0n) is 8.78. The van der Waals surface area contributed by atoms with Gasteiger partial charge in [-0.1, -0.05) is 12.1 Å². The van der Waals surface area contributed by atoms with Crippen molar-refractivity contribution in [1.29, 1.82) is 0 Å². The van der Waals surface area contributed by atoms with Gasteiger partial charge < -0.3 is 5.32 Å². The number of carbonyl (C=O) groups is 1. The fourth-order valence-corrected chi connectivity index (χ4v) is 1.94. The van der Waals surface area contributed by atoms with E-state index in [0.29, 0.717) is 11.3 Å². The van der Waals surface area contributed by atoms with E-state index in [1.807, 2.05) is 12.1 Å². The fraction of sp³-hybridized carbons (Fsp3) is 0. The summed E-state index contributed by atoms with van der Waals surface area (Å²) in [4.78, 5) is 11.8. The van der Waals surface area contributed by atoms with Crippen LogP contribution < -0.4 is 5.32 Å². The van der Waals surface area contributed by atoms with E-state index in [-0.39, 0.29) is 11.7 Å². The molecule has 1 N–H and O–H groups in total. The van der Waals surface area contributed by atoms with Crippen molar-refractivity contribution >= 4 is 34.2 Å². The van der Waals surface area contributed by atoms with E-state index in [1.54, 1.807) is 24.3 Å². The average Bonchev–Trinajstić information content (AvgIpc) is 2.29. The minimum absolute atomic E-state index is 0.242. The molecular formula is C13H9FINO. The van der Waals surface area contributed by atoms with Crippen LogP contribution in [-0.4, -0.2) is 5.91 Å². The van der Waals surface area contributed by atoms with E-state index in [9.17, 15) is 9.18 Å². The van der Waals surface area contributed by atoms with Crippen LogP contribution in [0.25, 0.3) is 0 Å². The van der Waals surface area contributed by atoms with E-state index in [0.717, 1.165) is 3.57 Å². The van der Waals surface area contributed by atoms with Gasteiger partial charge in [0.15, 0.2) is 0 Å². The molecule has 0 spiro atoms. The third-order valence-electron chi connectivity index (χ3n) is 2.17. The molecule has 2 aromatic rings. The van der Waals surface area contributed by atoms with Gasteiger partial charge in [0.05, 0.1) is 0 Å². The molecule has 0 fully saturated rings. The van der Waals surface area contributed by atoms with E-state index in [1.165, 1.54) is 12.1 Å². The third-order valence-corrected chi connectivity index (χ3v) is 2.84. The summed E-state index contributed by atoms with van der Waals surface area (Å²) in [5, 5.41) is 2.64. The minimum atomic E-state index is -0.370. The number of carbonyl (C=O) groups excluding carboxylic acids is 1. The number of benzene rings is 2. The summed E-state index contributed by atoms with van der Waals surface area (Å²) in [5.74, 6) is -0.612. The van der Waals surface area contributed by atoms with Crippen molar-refractivity contribution in [2.45, 2.75) is 0 Å². The Morgan fingerprint density at radius 2 is 1.88 bits per heavy atom. The highest BCUT2D eigenvalue weighted by Crippen LogP contribution is 2.13. The summed E-state index contributed by atoms with van der Waals surface area (Å²) in [7, 11) is 0. The number of rotatable bonds is 2. The molecule has 1 amide bonds. The van der Waals surface area contributed by atoms with E-state index in [2.05, 4.69) is 27.9 Å². The smallest absolute Gasteiger partial charge is 0.255 e. The van der Waals surface area contributed by atoms with Crippen molar-refractivity contribution in [2.75, 3.05) is 5.32 Å². The Kier molecular flexibility index (Phi) is 3.73. The minimum Gasteiger partial charge on any atom is -0.322 e. The molecule has 86 valence electrons. The molecule has 0 bridgehead atoms. The van der Waals surface area contributed by atoms with Gasteiger partial charge in [0.25, 0.3) is 5.91 Å². The highest BCUT2D eigenvalue weighted by molar-refractivity contribution is 14.1. The standard InChI is InChI=1S/C13H9FINO/c14-10-4-2-6-12(8-10)16-13(17)9-3-1-5-11(15)7-9/h1-8H,(H,16,17). The Labute approximate surface area is 112 Å². The second-order valence-corrected chi connectivity index (χ2v) is 4.72. The first-order chi connectivity index (χ1) is 8.15. The first-order valence-corrected chi connectivity index (χ1v) is 6.05. The second-order valence-electron chi connectivity index (χ2n) is 3.47. The molecule has 0 saturated heterocycles. The van der Waals surface area contributed by atoms with Crippen LogP contribution in [0.3, 0.4) is 0 Å². The van der Waals surface area contributed by atoms with Gasteiger partial charge in [-0.15, -0.1) is 0 Å². The van der Waals surface area contributed by atoms with Crippen molar-refractivity contribution in [1.82, 2.24) is 0 Å². The molecule has 2 rings (SSSR count). The van der Waals surface area contributed by atoms with Crippen LogP contribution in [-0.2, 0) is 0 Å². The van der Waals surface area contributed by atoms with Gasteiger partial charge in [-0.25, -0.2) is 4.39 Å². The number of hydrogen-bond donors (Lipinski definition) is 1. The summed E-state index contributed by atoms with van der Waals surface area (Å²) in [5.41, 5.74) is 1.01. The highest BCUT2D eigenvalue weighted by atomic mass is 127. The topological polar surface area (TPSA) is 29.1 Å². The summed E-state index contributed by atoms with van der Waals surface area (Å²) in [6.45, 7) is 0. The third kappa shape index (κ3) is 3.26. The zero-order chi connectivity index (χ0) is 12.3. The van der Waals surface area contributed by atoms with Gasteiger partial charge in [-0.2, -0.15) is 0 Å². The highest BCUT2D eigenvalue weighted by Gasteiger charge is 2.06. The summed E-state index contributed by atoms with van der Waals surface area (Å²) in [6.07, 6.45) is 0. The Hall–Kier alpha value is -1.43. The van der Waals surface area contributed by atoms with Gasteiger partial charge in [0.2, 0.25) is 0 Å².